The van der Waals surface area contributed by atoms with Crippen molar-refractivity contribution in [2.24, 2.45) is 0 Å². The zero-order valence-electron chi connectivity index (χ0n) is 12.0. The number of esters is 1. The first-order chi connectivity index (χ1) is 10.0. The van der Waals surface area contributed by atoms with Gasteiger partial charge in [-0.15, -0.1) is 0 Å². The van der Waals surface area contributed by atoms with E-state index < -0.39 is 11.9 Å². The number of carbonyl (C=O) groups is 2. The van der Waals surface area contributed by atoms with Crippen LogP contribution in [0.4, 0.5) is 10.1 Å². The summed E-state index contributed by atoms with van der Waals surface area (Å²) in [4.78, 5) is 26.0. The minimum absolute atomic E-state index is 0.0782. The average molecular weight is 294 g/mol. The van der Waals surface area contributed by atoms with E-state index in [1.807, 2.05) is 0 Å². The molecule has 2 rings (SSSR count). The van der Waals surface area contributed by atoms with Gasteiger partial charge in [-0.05, 0) is 44.4 Å². The van der Waals surface area contributed by atoms with Crippen LogP contribution in [0, 0.1) is 5.82 Å². The Hall–Kier alpha value is -2.11. The van der Waals surface area contributed by atoms with Gasteiger partial charge in [0.2, 0.25) is 0 Å². The minimum atomic E-state index is -0.572. The normalized spacial score (nSPS) is 18.4. The molecular formula is C15H19FN2O3. The molecule has 0 bridgehead atoms. The Bertz CT molecular complexity index is 548. The van der Waals surface area contributed by atoms with Gasteiger partial charge < -0.3 is 15.4 Å². The molecule has 1 unspecified atom stereocenters. The van der Waals surface area contributed by atoms with Crippen LogP contribution in [0.3, 0.4) is 0 Å². The molecule has 0 saturated carbocycles. The summed E-state index contributed by atoms with van der Waals surface area (Å²) in [6.45, 7) is 2.49. The van der Waals surface area contributed by atoms with Crippen molar-refractivity contribution in [1.29, 1.82) is 0 Å². The molecule has 5 nitrogen and oxygen atoms in total. The Morgan fingerprint density at radius 2 is 2.19 bits per heavy atom. The van der Waals surface area contributed by atoms with Crippen molar-refractivity contribution in [2.75, 3.05) is 18.9 Å². The molecule has 1 amide bonds. The number of benzene rings is 1. The highest BCUT2D eigenvalue weighted by molar-refractivity contribution is 5.97. The third kappa shape index (κ3) is 3.32. The molecule has 21 heavy (non-hydrogen) atoms. The lowest BCUT2D eigenvalue weighted by Crippen LogP contribution is -2.48. The van der Waals surface area contributed by atoms with Crippen molar-refractivity contribution in [1.82, 2.24) is 4.90 Å². The van der Waals surface area contributed by atoms with Gasteiger partial charge in [-0.2, -0.15) is 0 Å². The highest BCUT2D eigenvalue weighted by Crippen LogP contribution is 2.22. The standard InChI is InChI=1S/C15H19FN2O3/c1-2-21-15(20)13-5-3-4-8-18(13)14(19)10-6-7-11(16)12(17)9-10/h6-7,9,13H,2-5,8,17H2,1H3. The summed E-state index contributed by atoms with van der Waals surface area (Å²) in [5, 5.41) is 0. The van der Waals surface area contributed by atoms with E-state index in [1.54, 1.807) is 6.92 Å². The molecule has 6 heteroatoms. The first-order valence-electron chi connectivity index (χ1n) is 7.07. The SMILES string of the molecule is CCOC(=O)C1CCCCN1C(=O)c1ccc(F)c(N)c1. The summed E-state index contributed by atoms with van der Waals surface area (Å²) < 4.78 is 18.2. The molecule has 1 aliphatic heterocycles. The zero-order chi connectivity index (χ0) is 15.4. The fourth-order valence-corrected chi connectivity index (χ4v) is 2.50. The van der Waals surface area contributed by atoms with Gasteiger partial charge in [-0.1, -0.05) is 0 Å². The van der Waals surface area contributed by atoms with Crippen LogP contribution in [0.1, 0.15) is 36.5 Å². The largest absolute Gasteiger partial charge is 0.464 e. The molecule has 1 aromatic rings. The highest BCUT2D eigenvalue weighted by atomic mass is 19.1. The number of hydrogen-bond acceptors (Lipinski definition) is 4. The average Bonchev–Trinajstić information content (AvgIpc) is 2.49. The maximum Gasteiger partial charge on any atom is 0.328 e. The van der Waals surface area contributed by atoms with Gasteiger partial charge in [0.05, 0.1) is 12.3 Å². The maximum absolute atomic E-state index is 13.2. The van der Waals surface area contributed by atoms with Gasteiger partial charge in [0, 0.05) is 12.1 Å². The van der Waals surface area contributed by atoms with Crippen LogP contribution in [-0.2, 0) is 9.53 Å². The van der Waals surface area contributed by atoms with E-state index in [1.165, 1.54) is 17.0 Å². The second kappa shape index (κ2) is 6.56. The molecule has 1 heterocycles. The number of nitrogen functional groups attached to an aromatic ring is 1. The molecule has 0 spiro atoms. The lowest BCUT2D eigenvalue weighted by molar-refractivity contribution is -0.149. The summed E-state index contributed by atoms with van der Waals surface area (Å²) in [5.74, 6) is -1.27. The molecule has 2 N–H and O–H groups in total. The van der Waals surface area contributed by atoms with Crippen molar-refractivity contribution >= 4 is 17.6 Å². The van der Waals surface area contributed by atoms with Crippen molar-refractivity contribution in [3.8, 4) is 0 Å². The Kier molecular flexibility index (Phi) is 4.77. The van der Waals surface area contributed by atoms with Gasteiger partial charge in [0.25, 0.3) is 5.91 Å². The lowest BCUT2D eigenvalue weighted by Gasteiger charge is -2.34. The fourth-order valence-electron chi connectivity index (χ4n) is 2.50. The number of nitrogens with two attached hydrogens (primary N) is 1. The summed E-state index contributed by atoms with van der Waals surface area (Å²) >= 11 is 0. The van der Waals surface area contributed by atoms with Crippen LogP contribution in [-0.4, -0.2) is 36.0 Å². The van der Waals surface area contributed by atoms with Crippen molar-refractivity contribution in [3.63, 3.8) is 0 Å². The van der Waals surface area contributed by atoms with Crippen LogP contribution in [0.25, 0.3) is 0 Å². The number of carbonyl (C=O) groups excluding carboxylic acids is 2. The molecule has 1 aliphatic rings. The van der Waals surface area contributed by atoms with Gasteiger partial charge in [-0.25, -0.2) is 9.18 Å². The molecule has 1 fully saturated rings. The monoisotopic (exact) mass is 294 g/mol. The number of nitrogens with zero attached hydrogens (tertiary/aromatic N) is 1. The Morgan fingerprint density at radius 1 is 1.43 bits per heavy atom. The van der Waals surface area contributed by atoms with Crippen molar-refractivity contribution < 1.29 is 18.7 Å². The highest BCUT2D eigenvalue weighted by Gasteiger charge is 2.33. The molecule has 0 aromatic heterocycles. The third-order valence-corrected chi connectivity index (χ3v) is 3.57. The number of likely N-dealkylation sites (tertiary alicyclic amines) is 1. The summed E-state index contributed by atoms with van der Waals surface area (Å²) in [7, 11) is 0. The quantitative estimate of drug-likeness (QED) is 0.683. The predicted octanol–water partition coefficient (Wildman–Crippen LogP) is 1.97. The molecule has 1 aromatic carbocycles. The Labute approximate surface area is 122 Å². The summed E-state index contributed by atoms with van der Waals surface area (Å²) in [5.41, 5.74) is 5.70. The second-order valence-electron chi connectivity index (χ2n) is 5.00. The van der Waals surface area contributed by atoms with E-state index in [0.717, 1.165) is 18.9 Å². The number of halogens is 1. The topological polar surface area (TPSA) is 72.6 Å². The molecular weight excluding hydrogens is 275 g/mol. The predicted molar refractivity (Wildman–Crippen MR) is 76.1 cm³/mol. The smallest absolute Gasteiger partial charge is 0.328 e. The van der Waals surface area contributed by atoms with Gasteiger partial charge in [0.15, 0.2) is 0 Å². The van der Waals surface area contributed by atoms with E-state index >= 15 is 0 Å². The summed E-state index contributed by atoms with van der Waals surface area (Å²) in [6.07, 6.45) is 2.29. The lowest BCUT2D eigenvalue weighted by atomic mass is 10.0. The van der Waals surface area contributed by atoms with Crippen LogP contribution in [0.15, 0.2) is 18.2 Å². The van der Waals surface area contributed by atoms with Crippen molar-refractivity contribution in [2.45, 2.75) is 32.2 Å². The van der Waals surface area contributed by atoms with Crippen LogP contribution < -0.4 is 5.73 Å². The molecule has 1 atom stereocenters. The maximum atomic E-state index is 13.2. The van der Waals surface area contributed by atoms with Crippen LogP contribution >= 0.6 is 0 Å². The first kappa shape index (κ1) is 15.3. The first-order valence-corrected chi connectivity index (χ1v) is 7.07. The molecule has 1 saturated heterocycles. The van der Waals surface area contributed by atoms with Crippen molar-refractivity contribution in [3.05, 3.63) is 29.6 Å². The number of amides is 1. The van der Waals surface area contributed by atoms with Crippen LogP contribution in [0.5, 0.6) is 0 Å². The fraction of sp³-hybridized carbons (Fsp3) is 0.467. The van der Waals surface area contributed by atoms with Crippen LogP contribution in [0.2, 0.25) is 0 Å². The summed E-state index contributed by atoms with van der Waals surface area (Å²) in [6, 6.07) is 3.27. The second-order valence-corrected chi connectivity index (χ2v) is 5.00. The number of piperidine rings is 1. The number of ether oxygens (including phenoxy) is 1. The van der Waals surface area contributed by atoms with Gasteiger partial charge >= 0.3 is 5.97 Å². The third-order valence-electron chi connectivity index (χ3n) is 3.57. The minimum Gasteiger partial charge on any atom is -0.464 e. The Morgan fingerprint density at radius 3 is 2.86 bits per heavy atom. The van der Waals surface area contributed by atoms with E-state index in [4.69, 9.17) is 10.5 Å². The zero-order valence-corrected chi connectivity index (χ0v) is 12.0. The number of hydrogen-bond donors (Lipinski definition) is 1. The number of rotatable bonds is 3. The Balaban J connectivity index is 2.21. The number of anilines is 1. The molecule has 114 valence electrons. The molecule has 0 aliphatic carbocycles. The van der Waals surface area contributed by atoms with E-state index in [0.29, 0.717) is 13.0 Å². The van der Waals surface area contributed by atoms with Gasteiger partial charge in [-0.3, -0.25) is 4.79 Å². The van der Waals surface area contributed by atoms with Gasteiger partial charge in [0.1, 0.15) is 11.9 Å². The van der Waals surface area contributed by atoms with E-state index in [9.17, 15) is 14.0 Å². The van der Waals surface area contributed by atoms with E-state index in [-0.39, 0.29) is 29.7 Å². The molecule has 0 radical (unpaired) electrons. The van der Waals surface area contributed by atoms with E-state index in [2.05, 4.69) is 0 Å².